The van der Waals surface area contributed by atoms with E-state index in [2.05, 4.69) is 15.1 Å². The molecule has 2 aromatic carbocycles. The minimum absolute atomic E-state index is 0.174. The summed E-state index contributed by atoms with van der Waals surface area (Å²) in [5.41, 5.74) is -1.02. The zero-order valence-corrected chi connectivity index (χ0v) is 16.9. The maximum atomic E-state index is 14.2. The molecular formula is C23H15F5N4O. The molecule has 2 aliphatic heterocycles. The zero-order valence-electron chi connectivity index (χ0n) is 16.9. The first-order chi connectivity index (χ1) is 15.8. The van der Waals surface area contributed by atoms with Crippen LogP contribution in [0, 0.1) is 11.6 Å². The van der Waals surface area contributed by atoms with E-state index in [-0.39, 0.29) is 24.0 Å². The lowest BCUT2D eigenvalue weighted by Crippen LogP contribution is -2.34. The summed E-state index contributed by atoms with van der Waals surface area (Å²) in [6.07, 6.45) is -1.26. The van der Waals surface area contributed by atoms with Gasteiger partial charge in [0.25, 0.3) is 0 Å². The molecule has 0 fully saturated rings. The predicted octanol–water partition coefficient (Wildman–Crippen LogP) is 5.24. The average Bonchev–Trinajstić information content (AvgIpc) is 3.40. The Kier molecular flexibility index (Phi) is 5.07. The van der Waals surface area contributed by atoms with E-state index in [9.17, 15) is 22.0 Å². The van der Waals surface area contributed by atoms with E-state index in [0.29, 0.717) is 23.7 Å². The van der Waals surface area contributed by atoms with Crippen molar-refractivity contribution in [3.8, 4) is 11.3 Å². The molecule has 0 saturated heterocycles. The summed E-state index contributed by atoms with van der Waals surface area (Å²) in [7, 11) is 0. The molecule has 1 aromatic heterocycles. The second kappa shape index (κ2) is 7.95. The monoisotopic (exact) mass is 458 g/mol. The number of halogens is 5. The van der Waals surface area contributed by atoms with Gasteiger partial charge in [-0.3, -0.25) is 4.99 Å². The highest BCUT2D eigenvalue weighted by Crippen LogP contribution is 2.38. The number of nitrogens with zero attached hydrogens (tertiary/aromatic N) is 4. The first kappa shape index (κ1) is 21.0. The van der Waals surface area contributed by atoms with Gasteiger partial charge in [-0.15, -0.1) is 0 Å². The van der Waals surface area contributed by atoms with Gasteiger partial charge in [0.05, 0.1) is 28.9 Å². The van der Waals surface area contributed by atoms with Crippen molar-refractivity contribution in [3.05, 3.63) is 89.3 Å². The van der Waals surface area contributed by atoms with Gasteiger partial charge in [-0.05, 0) is 30.3 Å². The third kappa shape index (κ3) is 4.04. The molecule has 1 atom stereocenters. The molecular weight excluding hydrogens is 443 g/mol. The molecule has 5 nitrogen and oxygen atoms in total. The van der Waals surface area contributed by atoms with E-state index < -0.39 is 28.9 Å². The van der Waals surface area contributed by atoms with Crippen molar-refractivity contribution < 1.29 is 26.5 Å². The number of aliphatic imine (C=N–C) groups is 2. The quantitative estimate of drug-likeness (QED) is 0.503. The smallest absolute Gasteiger partial charge is 0.367 e. The lowest BCUT2D eigenvalue weighted by Gasteiger charge is -2.25. The molecule has 5 rings (SSSR count). The molecule has 1 unspecified atom stereocenters. The normalized spacial score (nSPS) is 17.7. The van der Waals surface area contributed by atoms with E-state index in [0.717, 1.165) is 18.2 Å². The van der Waals surface area contributed by atoms with Crippen molar-refractivity contribution in [2.45, 2.75) is 18.8 Å². The largest absolute Gasteiger partial charge is 0.417 e. The fraction of sp³-hybridized carbons (Fsp3) is 0.174. The Balaban J connectivity index is 1.34. The summed E-state index contributed by atoms with van der Waals surface area (Å²) in [5.74, 6) is -0.895. The number of rotatable bonds is 4. The summed E-state index contributed by atoms with van der Waals surface area (Å²) in [5, 5.41) is 3.66. The number of hydrogen-bond donors (Lipinski definition) is 0. The minimum Gasteiger partial charge on any atom is -0.367 e. The Morgan fingerprint density at radius 3 is 2.61 bits per heavy atom. The van der Waals surface area contributed by atoms with Gasteiger partial charge >= 0.3 is 6.18 Å². The highest BCUT2D eigenvalue weighted by molar-refractivity contribution is 6.17. The Morgan fingerprint density at radius 2 is 1.82 bits per heavy atom. The molecule has 168 valence electrons. The molecule has 10 heteroatoms. The molecule has 0 spiro atoms. The van der Waals surface area contributed by atoms with Crippen molar-refractivity contribution >= 4 is 11.5 Å². The van der Waals surface area contributed by atoms with Crippen LogP contribution in [0.1, 0.15) is 16.9 Å². The van der Waals surface area contributed by atoms with Crippen molar-refractivity contribution in [1.29, 1.82) is 0 Å². The highest BCUT2D eigenvalue weighted by atomic mass is 19.4. The molecule has 0 saturated carbocycles. The standard InChI is InChI=1S/C23H15F5N4O/c24-16-6-2-1-4-14(16)22-29-18-8-9-32(12-20(18)30-22)11-13-10-19(31-33-13)21-15(23(26,27)28)5-3-7-17(21)25/h1-10,20H,11-12H2. The van der Waals surface area contributed by atoms with E-state index in [4.69, 9.17) is 4.52 Å². The third-order valence-electron chi connectivity index (χ3n) is 5.33. The number of aromatic nitrogens is 1. The SMILES string of the molecule is Fc1ccccc1C1=NC2CN(Cc3cc(-c4c(F)cccc4C(F)(F)F)no3)C=CC2=N1. The van der Waals surface area contributed by atoms with Gasteiger partial charge in [-0.1, -0.05) is 23.4 Å². The summed E-state index contributed by atoms with van der Waals surface area (Å²) >= 11 is 0. The summed E-state index contributed by atoms with van der Waals surface area (Å²) < 4.78 is 73.4. The van der Waals surface area contributed by atoms with Crippen molar-refractivity contribution in [2.75, 3.05) is 6.54 Å². The lowest BCUT2D eigenvalue weighted by molar-refractivity contribution is -0.137. The molecule has 0 aliphatic carbocycles. The van der Waals surface area contributed by atoms with Gasteiger partial charge in [-0.2, -0.15) is 13.2 Å². The maximum absolute atomic E-state index is 14.2. The Hall–Kier alpha value is -3.82. The molecule has 2 aliphatic rings. The van der Waals surface area contributed by atoms with E-state index in [1.165, 1.54) is 12.1 Å². The van der Waals surface area contributed by atoms with Crippen LogP contribution < -0.4 is 0 Å². The van der Waals surface area contributed by atoms with E-state index >= 15 is 0 Å². The van der Waals surface area contributed by atoms with E-state index in [1.807, 2.05) is 4.90 Å². The van der Waals surface area contributed by atoms with Crippen molar-refractivity contribution in [1.82, 2.24) is 10.1 Å². The van der Waals surface area contributed by atoms with Gasteiger partial charge in [0.2, 0.25) is 0 Å². The Bertz CT molecular complexity index is 1310. The Morgan fingerprint density at radius 1 is 1.03 bits per heavy atom. The van der Waals surface area contributed by atoms with Crippen LogP contribution in [-0.2, 0) is 12.7 Å². The molecule has 0 amide bonds. The number of alkyl halides is 3. The van der Waals surface area contributed by atoms with Crippen LogP contribution in [0.15, 0.2) is 75.3 Å². The highest BCUT2D eigenvalue weighted by Gasteiger charge is 2.36. The van der Waals surface area contributed by atoms with Crippen molar-refractivity contribution in [2.24, 2.45) is 9.98 Å². The first-order valence-electron chi connectivity index (χ1n) is 9.95. The fourth-order valence-corrected chi connectivity index (χ4v) is 3.80. The van der Waals surface area contributed by atoms with Crippen LogP contribution in [0.5, 0.6) is 0 Å². The second-order valence-corrected chi connectivity index (χ2v) is 7.57. The van der Waals surface area contributed by atoms with Gasteiger partial charge in [0.15, 0.2) is 11.6 Å². The molecule has 3 heterocycles. The summed E-state index contributed by atoms with van der Waals surface area (Å²) in [6.45, 7) is 0.574. The molecule has 0 radical (unpaired) electrons. The minimum atomic E-state index is -4.74. The number of benzene rings is 2. The van der Waals surface area contributed by atoms with Gasteiger partial charge in [0.1, 0.15) is 23.4 Å². The van der Waals surface area contributed by atoms with Crippen LogP contribution in [0.3, 0.4) is 0 Å². The van der Waals surface area contributed by atoms with Crippen molar-refractivity contribution in [3.63, 3.8) is 0 Å². The topological polar surface area (TPSA) is 54.0 Å². The third-order valence-corrected chi connectivity index (χ3v) is 5.33. The number of amidine groups is 1. The molecule has 33 heavy (non-hydrogen) atoms. The van der Waals surface area contributed by atoms with Gasteiger partial charge in [0, 0.05) is 18.8 Å². The second-order valence-electron chi connectivity index (χ2n) is 7.57. The number of fused-ring (bicyclic) bond motifs is 1. The van der Waals surface area contributed by atoms with Crippen LogP contribution in [0.2, 0.25) is 0 Å². The van der Waals surface area contributed by atoms with Crippen LogP contribution in [-0.4, -0.2) is 34.2 Å². The zero-order chi connectivity index (χ0) is 23.2. The maximum Gasteiger partial charge on any atom is 0.417 e. The first-order valence-corrected chi connectivity index (χ1v) is 9.95. The predicted molar refractivity (Wildman–Crippen MR) is 111 cm³/mol. The summed E-state index contributed by atoms with van der Waals surface area (Å²) in [6, 6.07) is 9.92. The van der Waals surface area contributed by atoms with Crippen LogP contribution in [0.25, 0.3) is 11.3 Å². The van der Waals surface area contributed by atoms with E-state index in [1.54, 1.807) is 30.5 Å². The van der Waals surface area contributed by atoms with Crippen LogP contribution in [0.4, 0.5) is 22.0 Å². The molecule has 0 N–H and O–H groups in total. The summed E-state index contributed by atoms with van der Waals surface area (Å²) in [4.78, 5) is 10.7. The fourth-order valence-electron chi connectivity index (χ4n) is 3.80. The lowest BCUT2D eigenvalue weighted by atomic mass is 10.0. The van der Waals surface area contributed by atoms with Gasteiger partial charge in [-0.25, -0.2) is 13.8 Å². The Labute approximate surface area is 184 Å². The average molecular weight is 458 g/mol. The molecule has 3 aromatic rings. The van der Waals surface area contributed by atoms with Crippen LogP contribution >= 0.6 is 0 Å². The van der Waals surface area contributed by atoms with Gasteiger partial charge < -0.3 is 9.42 Å². The number of hydrogen-bond acceptors (Lipinski definition) is 5. The molecule has 0 bridgehead atoms.